The van der Waals surface area contributed by atoms with E-state index in [4.69, 9.17) is 14.5 Å². The minimum atomic E-state index is -3.78. The molecule has 10 rings (SSSR count). The molecule has 3 N–H and O–H groups in total. The van der Waals surface area contributed by atoms with Crippen LogP contribution in [0.3, 0.4) is 0 Å². The highest BCUT2D eigenvalue weighted by molar-refractivity contribution is 7.89. The Morgan fingerprint density at radius 2 is 1.30 bits per heavy atom. The molecule has 2 atom stereocenters. The Bertz CT molecular complexity index is 4310. The molecule has 532 valence electrons. The number of hydrogen-bond acceptors (Lipinski definition) is 9. The molecular formula is C85H103N7O8S. The second-order valence-corrected chi connectivity index (χ2v) is 27.8. The number of unbranched alkanes of at least 4 members (excludes halogenated alkanes) is 2. The molecular weight excluding hydrogens is 1280 g/mol. The van der Waals surface area contributed by atoms with E-state index in [1.165, 1.54) is 61.8 Å². The van der Waals surface area contributed by atoms with Gasteiger partial charge in [0.1, 0.15) is 11.9 Å². The highest BCUT2D eigenvalue weighted by Crippen LogP contribution is 2.31. The number of amides is 4. The number of nitrogens with one attached hydrogen (secondary N) is 3. The van der Waals surface area contributed by atoms with Crippen LogP contribution in [-0.4, -0.2) is 91.6 Å². The molecule has 101 heavy (non-hydrogen) atoms. The van der Waals surface area contributed by atoms with E-state index in [2.05, 4.69) is 82.6 Å². The summed E-state index contributed by atoms with van der Waals surface area (Å²) in [4.78, 5) is 63.5. The smallest absolute Gasteiger partial charge is 0.318 e. The van der Waals surface area contributed by atoms with Crippen molar-refractivity contribution in [1.82, 2.24) is 34.7 Å². The molecule has 0 bridgehead atoms. The number of benzene rings is 8. The third kappa shape index (κ3) is 22.4. The summed E-state index contributed by atoms with van der Waals surface area (Å²) in [6.45, 7) is 16.2. The van der Waals surface area contributed by atoms with Crippen molar-refractivity contribution in [2.45, 2.75) is 168 Å². The molecule has 1 aliphatic carbocycles. The number of nitrogens with zero attached hydrogens (tertiary/aromatic N) is 4. The molecule has 0 spiro atoms. The topological polar surface area (TPSA) is 181 Å². The van der Waals surface area contributed by atoms with Crippen molar-refractivity contribution in [2.24, 2.45) is 0 Å². The lowest BCUT2D eigenvalue weighted by Gasteiger charge is -2.35. The number of urea groups is 1. The zero-order chi connectivity index (χ0) is 72.1. The quantitative estimate of drug-likeness (QED) is 0.0384. The highest BCUT2D eigenvalue weighted by Gasteiger charge is 2.31. The number of methoxy groups -OCH3 is 2. The Morgan fingerprint density at radius 1 is 0.644 bits per heavy atom. The normalized spacial score (nSPS) is 12.9. The van der Waals surface area contributed by atoms with Crippen molar-refractivity contribution in [3.05, 3.63) is 272 Å². The molecule has 9 aromatic rings. The van der Waals surface area contributed by atoms with Crippen molar-refractivity contribution in [2.75, 3.05) is 33.9 Å². The third-order valence-corrected chi connectivity index (χ3v) is 20.1. The third-order valence-electron chi connectivity index (χ3n) is 18.6. The van der Waals surface area contributed by atoms with Crippen LogP contribution in [0.1, 0.15) is 165 Å². The van der Waals surface area contributed by atoms with Gasteiger partial charge in [-0.05, 0) is 173 Å². The van der Waals surface area contributed by atoms with E-state index in [-0.39, 0.29) is 28.3 Å². The Kier molecular flexibility index (Phi) is 30.1. The van der Waals surface area contributed by atoms with Crippen LogP contribution in [0.2, 0.25) is 0 Å². The Labute approximate surface area is 599 Å². The van der Waals surface area contributed by atoms with Crippen LogP contribution in [0, 0.1) is 27.7 Å². The summed E-state index contributed by atoms with van der Waals surface area (Å²) in [5, 5.41) is 6.50. The van der Waals surface area contributed by atoms with Crippen molar-refractivity contribution in [1.29, 1.82) is 0 Å². The Morgan fingerprint density at radius 3 is 1.95 bits per heavy atom. The number of aromatic nitrogens is 2. The van der Waals surface area contributed by atoms with E-state index >= 15 is 0 Å². The van der Waals surface area contributed by atoms with Gasteiger partial charge in [-0.1, -0.05) is 222 Å². The zero-order valence-corrected chi connectivity index (χ0v) is 61.4. The molecule has 1 aliphatic rings. The fourth-order valence-electron chi connectivity index (χ4n) is 12.7. The predicted octanol–water partition coefficient (Wildman–Crippen LogP) is 17.2. The number of ether oxygens (including phenoxy) is 2. The van der Waals surface area contributed by atoms with Gasteiger partial charge >= 0.3 is 6.03 Å². The van der Waals surface area contributed by atoms with Crippen molar-refractivity contribution in [3.8, 4) is 17.2 Å². The highest BCUT2D eigenvalue weighted by atomic mass is 32.2. The van der Waals surface area contributed by atoms with Gasteiger partial charge in [0.15, 0.2) is 11.5 Å². The van der Waals surface area contributed by atoms with E-state index in [1.54, 1.807) is 30.9 Å². The lowest BCUT2D eigenvalue weighted by Crippen LogP contribution is -2.47. The molecule has 8 aromatic carbocycles. The molecule has 1 aromatic heterocycles. The van der Waals surface area contributed by atoms with Gasteiger partial charge in [-0.2, -0.15) is 4.72 Å². The average molecular weight is 1380 g/mol. The molecule has 16 heteroatoms. The summed E-state index contributed by atoms with van der Waals surface area (Å²) >= 11 is 0. The van der Waals surface area contributed by atoms with Gasteiger partial charge in [0.05, 0.1) is 41.7 Å². The monoisotopic (exact) mass is 1380 g/mol. The van der Waals surface area contributed by atoms with Crippen molar-refractivity contribution in [3.63, 3.8) is 0 Å². The average Bonchev–Trinajstić information content (AvgIpc) is 0.757. The summed E-state index contributed by atoms with van der Waals surface area (Å²) in [5.74, 6) is 1.68. The zero-order valence-electron chi connectivity index (χ0n) is 60.6. The maximum Gasteiger partial charge on any atom is 0.318 e. The molecule has 0 saturated heterocycles. The van der Waals surface area contributed by atoms with Gasteiger partial charge in [0.25, 0.3) is 11.5 Å². The van der Waals surface area contributed by atoms with Gasteiger partial charge in [0, 0.05) is 37.8 Å². The Hall–Kier alpha value is -9.64. The second kappa shape index (κ2) is 39.4. The molecule has 15 nitrogen and oxygen atoms in total. The molecule has 0 aliphatic heterocycles. The number of hydrogen-bond donors (Lipinski definition) is 3. The van der Waals surface area contributed by atoms with E-state index in [1.807, 2.05) is 173 Å². The summed E-state index contributed by atoms with van der Waals surface area (Å²) in [6, 6.07) is 63.1. The van der Waals surface area contributed by atoms with Crippen molar-refractivity contribution >= 4 is 44.8 Å². The summed E-state index contributed by atoms with van der Waals surface area (Å²) < 4.78 is 40.0. The molecule has 1 saturated carbocycles. The molecule has 4 amide bonds. The van der Waals surface area contributed by atoms with Crippen LogP contribution in [0.25, 0.3) is 22.7 Å². The molecule has 1 fully saturated rings. The lowest BCUT2D eigenvalue weighted by atomic mass is 9.92. The van der Waals surface area contributed by atoms with Crippen LogP contribution in [-0.2, 0) is 34.2 Å². The number of rotatable bonds is 29. The standard InChI is InChI=1S/C35H36N4O2.C28H37NO.C22H30N2O5S/c1-4-32(38(22-21-27-13-7-5-8-14-27)35(41)36-24-28-15-9-6-10-16-28)33-37-31-18-12-11-17-30(31)34(40)39(33)29-20-19-25(2)26(3)23-29;1-3-4-7-17-25(21-24-15-8-5-9-16-24)22-29(26-18-10-6-11-19-26)28(30)27-20-13-12-14-23(27)2;1-5-6-19(24-30(26,27)18-10-7-16(2)8-11-18)22(25)23-14-13-17-9-12-20(28-3)21(15-17)29-4/h5-20,23,32H,4,21-22,24H2,1-3H3,(H,36,41);5,8-9,12-16,20-21,26H,3-4,6-7,10-11,17-19,22H2,1-2H3;7-12,15,19,24H,5-6,13-14H2,1-4H3,(H,23,25)/b;25-21+;. The van der Waals surface area contributed by atoms with Crippen LogP contribution in [0.5, 0.6) is 11.5 Å². The first-order valence-corrected chi connectivity index (χ1v) is 37.3. The number of carbonyl (C=O) groups is 3. The van der Waals surface area contributed by atoms with E-state index in [0.717, 1.165) is 76.0 Å². The van der Waals surface area contributed by atoms with Crippen LogP contribution >= 0.6 is 0 Å². The minimum absolute atomic E-state index is 0.139. The van der Waals surface area contributed by atoms with Crippen LogP contribution in [0.15, 0.2) is 215 Å². The number of para-hydroxylation sites is 1. The fraction of sp³-hybridized carbons (Fsp3) is 0.353. The van der Waals surface area contributed by atoms with Crippen LogP contribution < -0.4 is 30.4 Å². The SMILES string of the molecule is CCC(c1nc2ccccc2c(=O)n1-c1ccc(C)c(C)c1)N(CCc1ccccc1)C(=O)NCc1ccccc1.CCCC(NS(=O)(=O)c1ccc(C)cc1)C(=O)NCCc1ccc(OC)c(OC)c1.CCCCC/C(=C\c1ccccc1)CN(C(=O)c1ccccc1C)C1CCCCC1. The van der Waals surface area contributed by atoms with Crippen molar-refractivity contribution < 1.29 is 32.3 Å². The van der Waals surface area contributed by atoms with Crippen LogP contribution in [0.4, 0.5) is 4.79 Å². The maximum absolute atomic E-state index is 14.1. The number of aryl methyl sites for hydroxylation is 4. The van der Waals surface area contributed by atoms with Gasteiger partial charge < -0.3 is 29.9 Å². The summed E-state index contributed by atoms with van der Waals surface area (Å²) in [5.41, 5.74) is 12.1. The van der Waals surface area contributed by atoms with Gasteiger partial charge in [0.2, 0.25) is 15.9 Å². The fourth-order valence-corrected chi connectivity index (χ4v) is 14.0. The first kappa shape index (κ1) is 77.1. The van der Waals surface area contributed by atoms with E-state index < -0.39 is 22.1 Å². The maximum atomic E-state index is 14.1. The summed E-state index contributed by atoms with van der Waals surface area (Å²) in [6.07, 6.45) is 16.0. The molecule has 0 radical (unpaired) electrons. The molecule has 1 heterocycles. The van der Waals surface area contributed by atoms with E-state index in [0.29, 0.717) is 86.0 Å². The lowest BCUT2D eigenvalue weighted by molar-refractivity contribution is -0.122. The molecule has 2 unspecified atom stereocenters. The Balaban J connectivity index is 0.000000196. The number of sulfonamides is 1. The van der Waals surface area contributed by atoms with Gasteiger partial charge in [-0.15, -0.1) is 0 Å². The van der Waals surface area contributed by atoms with Gasteiger partial charge in [-0.3, -0.25) is 19.0 Å². The minimum Gasteiger partial charge on any atom is -0.493 e. The first-order valence-electron chi connectivity index (χ1n) is 35.9. The van der Waals surface area contributed by atoms with E-state index in [9.17, 15) is 27.6 Å². The largest absolute Gasteiger partial charge is 0.493 e. The predicted molar refractivity (Wildman–Crippen MR) is 409 cm³/mol. The van der Waals surface area contributed by atoms with Gasteiger partial charge in [-0.25, -0.2) is 18.2 Å². The number of fused-ring (bicyclic) bond motifs is 1. The second-order valence-electron chi connectivity index (χ2n) is 26.1. The summed E-state index contributed by atoms with van der Waals surface area (Å²) in [7, 11) is -0.638. The number of carbonyl (C=O) groups excluding carboxylic acids is 3. The first-order chi connectivity index (χ1) is 48.9.